The maximum atomic E-state index is 12.5. The van der Waals surface area contributed by atoms with Gasteiger partial charge in [0.25, 0.3) is 0 Å². The van der Waals surface area contributed by atoms with Gasteiger partial charge in [0.2, 0.25) is 0 Å². The smallest absolute Gasteiger partial charge is 0.303 e. The Morgan fingerprint density at radius 2 is 1.42 bits per heavy atom. The summed E-state index contributed by atoms with van der Waals surface area (Å²) in [6.45, 7) is 19.8. The van der Waals surface area contributed by atoms with Crippen molar-refractivity contribution in [3.05, 3.63) is 0 Å². The normalized spacial score (nSPS) is 44.0. The topological polar surface area (TPSA) is 99.1 Å². The van der Waals surface area contributed by atoms with Crippen molar-refractivity contribution in [2.45, 2.75) is 157 Å². The van der Waals surface area contributed by atoms with E-state index < -0.39 is 11.7 Å². The van der Waals surface area contributed by atoms with Crippen LogP contribution in [-0.2, 0) is 28.6 Å². The lowest BCUT2D eigenvalue weighted by Gasteiger charge is -2.63. The molecule has 5 saturated carbocycles. The zero-order chi connectivity index (χ0) is 32.0. The molecule has 0 aromatic rings. The number of ether oxygens (including phenoxy) is 3. The lowest BCUT2D eigenvalue weighted by atomic mass is 9.41. The summed E-state index contributed by atoms with van der Waals surface area (Å²) in [5.41, 5.74) is -0.469. The number of rotatable bonds is 8. The molecule has 244 valence electrons. The summed E-state index contributed by atoms with van der Waals surface area (Å²) in [4.78, 5) is 36.2. The van der Waals surface area contributed by atoms with E-state index >= 15 is 0 Å². The van der Waals surface area contributed by atoms with Crippen LogP contribution in [0.3, 0.4) is 0 Å². The molecule has 0 amide bonds. The molecule has 0 radical (unpaired) electrons. The minimum absolute atomic E-state index is 0.00912. The highest BCUT2D eigenvalue weighted by molar-refractivity contribution is 5.67. The van der Waals surface area contributed by atoms with Gasteiger partial charge in [-0.05, 0) is 117 Å². The van der Waals surface area contributed by atoms with Gasteiger partial charge in [0.15, 0.2) is 0 Å². The third-order valence-electron chi connectivity index (χ3n) is 14.3. The Bertz CT molecular complexity index is 1140. The number of esters is 3. The molecule has 0 aromatic carbocycles. The molecule has 5 aliphatic carbocycles. The van der Waals surface area contributed by atoms with Crippen molar-refractivity contribution in [2.24, 2.45) is 50.7 Å². The summed E-state index contributed by atoms with van der Waals surface area (Å²) in [6.07, 6.45) is 9.55. The molecule has 43 heavy (non-hydrogen) atoms. The van der Waals surface area contributed by atoms with Crippen molar-refractivity contribution in [1.82, 2.24) is 0 Å². The van der Waals surface area contributed by atoms with Gasteiger partial charge in [0, 0.05) is 32.1 Å². The number of hydrogen-bond donors (Lipinski definition) is 1. The maximum Gasteiger partial charge on any atom is 0.303 e. The third kappa shape index (κ3) is 4.88. The van der Waals surface area contributed by atoms with Crippen molar-refractivity contribution in [1.29, 1.82) is 0 Å². The number of hydrogen-bond acceptors (Lipinski definition) is 7. The quantitative estimate of drug-likeness (QED) is 0.235. The zero-order valence-corrected chi connectivity index (χ0v) is 28.5. The van der Waals surface area contributed by atoms with Crippen LogP contribution in [0.2, 0.25) is 0 Å². The number of fused-ring (bicyclic) bond motifs is 2. The van der Waals surface area contributed by atoms with E-state index in [0.29, 0.717) is 29.1 Å². The van der Waals surface area contributed by atoms with Gasteiger partial charge >= 0.3 is 17.9 Å². The van der Waals surface area contributed by atoms with E-state index in [0.717, 1.165) is 38.5 Å². The predicted octanol–water partition coefficient (Wildman–Crippen LogP) is 7.02. The largest absolute Gasteiger partial charge is 0.462 e. The van der Waals surface area contributed by atoms with Crippen LogP contribution < -0.4 is 0 Å². The summed E-state index contributed by atoms with van der Waals surface area (Å²) in [7, 11) is 0. The fraction of sp³-hybridized carbons (Fsp3) is 0.917. The number of carbonyl (C=O) groups excluding carboxylic acids is 3. The molecule has 2 spiro atoms. The molecule has 0 bridgehead atoms. The molecule has 0 heterocycles. The zero-order valence-electron chi connectivity index (χ0n) is 28.5. The predicted molar refractivity (Wildman–Crippen MR) is 164 cm³/mol. The second kappa shape index (κ2) is 10.5. The first kappa shape index (κ1) is 32.8. The van der Waals surface area contributed by atoms with Crippen molar-refractivity contribution >= 4 is 17.9 Å². The Kier molecular flexibility index (Phi) is 7.96. The van der Waals surface area contributed by atoms with E-state index in [1.54, 1.807) is 13.8 Å². The van der Waals surface area contributed by atoms with Gasteiger partial charge < -0.3 is 19.3 Å². The lowest BCUT2D eigenvalue weighted by Crippen LogP contribution is -2.58. The fourth-order valence-corrected chi connectivity index (χ4v) is 12.5. The molecule has 5 fully saturated rings. The Labute approximate surface area is 259 Å². The molecule has 5 rings (SSSR count). The fourth-order valence-electron chi connectivity index (χ4n) is 12.5. The monoisotopic (exact) mass is 602 g/mol. The van der Waals surface area contributed by atoms with Gasteiger partial charge in [-0.1, -0.05) is 34.6 Å². The second-order valence-electron chi connectivity index (χ2n) is 17.1. The van der Waals surface area contributed by atoms with E-state index in [-0.39, 0.29) is 58.2 Å². The summed E-state index contributed by atoms with van der Waals surface area (Å²) >= 11 is 0. The molecule has 0 aromatic heterocycles. The first-order chi connectivity index (χ1) is 19.7. The Hall–Kier alpha value is -1.63. The molecule has 7 nitrogen and oxygen atoms in total. The van der Waals surface area contributed by atoms with Crippen LogP contribution in [0, 0.1) is 50.7 Å². The molecule has 0 aliphatic heterocycles. The van der Waals surface area contributed by atoms with Crippen LogP contribution in [0.25, 0.3) is 0 Å². The summed E-state index contributed by atoms with van der Waals surface area (Å²) in [6, 6.07) is 0. The highest BCUT2D eigenvalue weighted by Gasteiger charge is 2.83. The maximum absolute atomic E-state index is 12.5. The van der Waals surface area contributed by atoms with Gasteiger partial charge in [0.1, 0.15) is 18.3 Å². The first-order valence-electron chi connectivity index (χ1n) is 17.0. The lowest BCUT2D eigenvalue weighted by molar-refractivity contribution is -0.181. The highest BCUT2D eigenvalue weighted by Crippen LogP contribution is 2.89. The van der Waals surface area contributed by atoms with Crippen molar-refractivity contribution in [3.8, 4) is 0 Å². The van der Waals surface area contributed by atoms with E-state index in [4.69, 9.17) is 14.2 Å². The molecule has 0 saturated heterocycles. The minimum atomic E-state index is -1.13. The van der Waals surface area contributed by atoms with Crippen molar-refractivity contribution in [2.75, 3.05) is 0 Å². The van der Waals surface area contributed by atoms with Crippen LogP contribution in [0.15, 0.2) is 0 Å². The summed E-state index contributed by atoms with van der Waals surface area (Å²) in [5, 5.41) is 10.7. The van der Waals surface area contributed by atoms with E-state index in [1.807, 2.05) is 0 Å². The standard InChI is InChI=1S/C36H58O7/c1-21(11-14-29(32(7,8)40)43-24(4)39)30-25(41-22(2)37)19-34(10)27-13-12-26-31(5,6)28(42-23(3)38)15-16-35(26)20-36(27,35)18-17-33(30,34)9/h21,25-30,40H,11-20H2,1-10H3. The van der Waals surface area contributed by atoms with E-state index in [1.165, 1.54) is 40.0 Å². The Morgan fingerprint density at radius 1 is 0.814 bits per heavy atom. The van der Waals surface area contributed by atoms with Crippen molar-refractivity contribution in [3.63, 3.8) is 0 Å². The van der Waals surface area contributed by atoms with Gasteiger partial charge in [0.05, 0.1) is 5.60 Å². The molecule has 1 N–H and O–H groups in total. The molecule has 11 atom stereocenters. The van der Waals surface area contributed by atoms with Crippen LogP contribution >= 0.6 is 0 Å². The number of aliphatic hydroxyl groups is 1. The van der Waals surface area contributed by atoms with Gasteiger partial charge in [-0.25, -0.2) is 0 Å². The molecule has 7 heteroatoms. The molecule has 5 aliphatic rings. The Balaban J connectivity index is 1.42. The van der Waals surface area contributed by atoms with Crippen LogP contribution in [0.4, 0.5) is 0 Å². The van der Waals surface area contributed by atoms with Crippen molar-refractivity contribution < 1.29 is 33.7 Å². The first-order valence-corrected chi connectivity index (χ1v) is 17.0. The van der Waals surface area contributed by atoms with E-state index in [9.17, 15) is 19.5 Å². The summed E-state index contributed by atoms with van der Waals surface area (Å²) in [5.74, 6) is 0.803. The third-order valence-corrected chi connectivity index (χ3v) is 14.3. The van der Waals surface area contributed by atoms with Gasteiger partial charge in [-0.3, -0.25) is 14.4 Å². The van der Waals surface area contributed by atoms with Crippen LogP contribution in [0.5, 0.6) is 0 Å². The van der Waals surface area contributed by atoms with Crippen LogP contribution in [-0.4, -0.2) is 46.9 Å². The number of carbonyl (C=O) groups is 3. The molecular formula is C36H58O7. The Morgan fingerprint density at radius 3 is 2.00 bits per heavy atom. The second-order valence-corrected chi connectivity index (χ2v) is 17.1. The van der Waals surface area contributed by atoms with Gasteiger partial charge in [-0.2, -0.15) is 0 Å². The minimum Gasteiger partial charge on any atom is -0.462 e. The summed E-state index contributed by atoms with van der Waals surface area (Å²) < 4.78 is 17.7. The van der Waals surface area contributed by atoms with Crippen LogP contribution in [0.1, 0.15) is 133 Å². The average Bonchev–Trinajstić information content (AvgIpc) is 3.46. The molecule has 11 unspecified atom stereocenters. The SMILES string of the molecule is CC(=O)OC1CC2(C)C3CCC4C(C)(C)C(OC(C)=O)CCC45CC35CCC2(C)C1C(C)CCC(OC(C)=O)C(C)(C)O. The van der Waals surface area contributed by atoms with E-state index in [2.05, 4.69) is 34.6 Å². The van der Waals surface area contributed by atoms with Gasteiger partial charge in [-0.15, -0.1) is 0 Å². The average molecular weight is 603 g/mol. The molecular weight excluding hydrogens is 544 g/mol. The highest BCUT2D eigenvalue weighted by atomic mass is 16.6.